The van der Waals surface area contributed by atoms with E-state index in [1.807, 2.05) is 0 Å². The molecule has 118 valence electrons. The molecule has 1 aliphatic carbocycles. The van der Waals surface area contributed by atoms with Gasteiger partial charge in [-0.3, -0.25) is 0 Å². The van der Waals surface area contributed by atoms with Gasteiger partial charge in [-0.15, -0.1) is 11.3 Å². The van der Waals surface area contributed by atoms with Crippen LogP contribution in [0.25, 0.3) is 0 Å². The number of rotatable bonds is 6. The summed E-state index contributed by atoms with van der Waals surface area (Å²) in [4.78, 5) is 14.6. The number of nitrogens with one attached hydrogen (secondary N) is 1. The molecule has 21 heavy (non-hydrogen) atoms. The summed E-state index contributed by atoms with van der Waals surface area (Å²) in [5.74, 6) is -1.11. The first-order chi connectivity index (χ1) is 9.90. The summed E-state index contributed by atoms with van der Waals surface area (Å²) in [6.45, 7) is 0.0112. The van der Waals surface area contributed by atoms with E-state index < -0.39 is 16.2 Å². The van der Waals surface area contributed by atoms with Crippen molar-refractivity contribution in [1.29, 1.82) is 0 Å². The molecule has 0 aromatic carbocycles. The third-order valence-corrected chi connectivity index (χ3v) is 6.06. The Morgan fingerprint density at radius 1 is 1.48 bits per heavy atom. The number of thiazole rings is 1. The van der Waals surface area contributed by atoms with E-state index in [-0.39, 0.29) is 18.3 Å². The van der Waals surface area contributed by atoms with Gasteiger partial charge in [0.1, 0.15) is 5.01 Å². The maximum Gasteiger partial charge on any atom is 0.355 e. The van der Waals surface area contributed by atoms with Crippen molar-refractivity contribution in [3.8, 4) is 0 Å². The lowest BCUT2D eigenvalue weighted by Gasteiger charge is -2.30. The van der Waals surface area contributed by atoms with Crippen LogP contribution in [0, 0.1) is 0 Å². The summed E-state index contributed by atoms with van der Waals surface area (Å²) in [5, 5.41) is 10.6. The lowest BCUT2D eigenvalue weighted by atomic mass is 9.96. The molecule has 0 unspecified atom stereocenters. The number of nitrogens with zero attached hydrogens (tertiary/aromatic N) is 2. The average molecular weight is 333 g/mol. The lowest BCUT2D eigenvalue weighted by Crippen LogP contribution is -2.44. The molecule has 9 heteroatoms. The first-order valence-corrected chi connectivity index (χ1v) is 9.12. The summed E-state index contributed by atoms with van der Waals surface area (Å²) in [6, 6.07) is 0.0436. The number of aromatic nitrogens is 1. The number of hydrogen-bond donors (Lipinski definition) is 2. The van der Waals surface area contributed by atoms with Gasteiger partial charge >= 0.3 is 5.97 Å². The lowest BCUT2D eigenvalue weighted by molar-refractivity contribution is 0.0691. The molecular formula is C12H19N3O4S2. The predicted octanol–water partition coefficient (Wildman–Crippen LogP) is 1.44. The minimum atomic E-state index is -3.57. The van der Waals surface area contributed by atoms with Crippen molar-refractivity contribution in [1.82, 2.24) is 14.0 Å². The van der Waals surface area contributed by atoms with Gasteiger partial charge in [0.05, 0.1) is 6.54 Å². The van der Waals surface area contributed by atoms with Crippen molar-refractivity contribution in [2.45, 2.75) is 44.7 Å². The molecule has 0 spiro atoms. The van der Waals surface area contributed by atoms with Crippen molar-refractivity contribution in [3.05, 3.63) is 16.1 Å². The summed E-state index contributed by atoms with van der Waals surface area (Å²) in [7, 11) is -1.98. The van der Waals surface area contributed by atoms with E-state index in [0.29, 0.717) is 5.01 Å². The first kappa shape index (κ1) is 16.3. The minimum Gasteiger partial charge on any atom is -0.476 e. The highest BCUT2D eigenvalue weighted by molar-refractivity contribution is 7.87. The Labute approximate surface area is 128 Å². The first-order valence-electron chi connectivity index (χ1n) is 6.80. The van der Waals surface area contributed by atoms with Gasteiger partial charge in [0.15, 0.2) is 5.69 Å². The molecule has 2 rings (SSSR count). The molecule has 1 saturated carbocycles. The van der Waals surface area contributed by atoms with E-state index in [1.165, 1.54) is 9.69 Å². The topological polar surface area (TPSA) is 99.6 Å². The largest absolute Gasteiger partial charge is 0.476 e. The van der Waals surface area contributed by atoms with Gasteiger partial charge in [0, 0.05) is 18.5 Å². The third kappa shape index (κ3) is 4.22. The van der Waals surface area contributed by atoms with Crippen molar-refractivity contribution in [3.63, 3.8) is 0 Å². The molecule has 2 N–H and O–H groups in total. The molecule has 1 aliphatic rings. The number of carbonyl (C=O) groups is 1. The summed E-state index contributed by atoms with van der Waals surface area (Å²) < 4.78 is 28.3. The summed E-state index contributed by atoms with van der Waals surface area (Å²) >= 11 is 1.13. The number of aromatic carboxylic acids is 1. The molecule has 0 aliphatic heterocycles. The zero-order valence-corrected chi connectivity index (χ0v) is 13.4. The average Bonchev–Trinajstić information content (AvgIpc) is 2.94. The normalized spacial score (nSPS) is 17.2. The van der Waals surface area contributed by atoms with Crippen LogP contribution in [-0.2, 0) is 16.8 Å². The van der Waals surface area contributed by atoms with Crippen LogP contribution >= 0.6 is 11.3 Å². The second kappa shape index (κ2) is 6.82. The second-order valence-corrected chi connectivity index (χ2v) is 7.82. The van der Waals surface area contributed by atoms with E-state index in [4.69, 9.17) is 5.11 Å². The quantitative estimate of drug-likeness (QED) is 0.820. The van der Waals surface area contributed by atoms with E-state index in [0.717, 1.165) is 43.4 Å². The van der Waals surface area contributed by atoms with Crippen LogP contribution in [0.4, 0.5) is 0 Å². The Kier molecular flexibility index (Phi) is 5.31. The molecule has 0 atom stereocenters. The van der Waals surface area contributed by atoms with Gasteiger partial charge in [-0.1, -0.05) is 19.3 Å². The molecule has 1 heterocycles. The SMILES string of the molecule is CN(C1CCCCC1)S(=O)(=O)NCc1nc(C(=O)O)cs1. The van der Waals surface area contributed by atoms with E-state index in [1.54, 1.807) is 7.05 Å². The molecule has 0 radical (unpaired) electrons. The van der Waals surface area contributed by atoms with E-state index in [2.05, 4.69) is 9.71 Å². The fraction of sp³-hybridized carbons (Fsp3) is 0.667. The van der Waals surface area contributed by atoms with Crippen molar-refractivity contribution >= 4 is 27.5 Å². The van der Waals surface area contributed by atoms with Crippen LogP contribution in [0.1, 0.15) is 47.6 Å². The summed E-state index contributed by atoms with van der Waals surface area (Å²) in [6.07, 6.45) is 5.04. The summed E-state index contributed by atoms with van der Waals surface area (Å²) in [5.41, 5.74) is -0.0603. The van der Waals surface area contributed by atoms with E-state index >= 15 is 0 Å². The van der Waals surface area contributed by atoms with Crippen LogP contribution in [0.5, 0.6) is 0 Å². The monoisotopic (exact) mass is 333 g/mol. The molecule has 7 nitrogen and oxygen atoms in total. The van der Waals surface area contributed by atoms with Crippen LogP contribution < -0.4 is 4.72 Å². The van der Waals surface area contributed by atoms with E-state index in [9.17, 15) is 13.2 Å². The van der Waals surface area contributed by atoms with Gasteiger partial charge in [-0.2, -0.15) is 17.4 Å². The fourth-order valence-corrected chi connectivity index (χ4v) is 4.31. The third-order valence-electron chi connectivity index (χ3n) is 3.64. The Balaban J connectivity index is 1.94. The van der Waals surface area contributed by atoms with Gasteiger partial charge in [0.2, 0.25) is 0 Å². The highest BCUT2D eigenvalue weighted by Crippen LogP contribution is 2.23. The zero-order chi connectivity index (χ0) is 15.5. The zero-order valence-electron chi connectivity index (χ0n) is 11.8. The molecule has 1 aromatic heterocycles. The predicted molar refractivity (Wildman–Crippen MR) is 79.5 cm³/mol. The van der Waals surface area contributed by atoms with Crippen LogP contribution in [0.2, 0.25) is 0 Å². The smallest absolute Gasteiger partial charge is 0.355 e. The Morgan fingerprint density at radius 2 is 2.14 bits per heavy atom. The van der Waals surface area contributed by atoms with Crippen LogP contribution in [0.3, 0.4) is 0 Å². The van der Waals surface area contributed by atoms with Gasteiger partial charge < -0.3 is 5.11 Å². The Bertz CT molecular complexity index is 593. The maximum absolute atomic E-state index is 12.2. The Morgan fingerprint density at radius 3 is 2.71 bits per heavy atom. The highest BCUT2D eigenvalue weighted by atomic mass is 32.2. The van der Waals surface area contributed by atoms with Crippen molar-refractivity contribution in [2.75, 3.05) is 7.05 Å². The number of carboxylic acids is 1. The number of hydrogen-bond acceptors (Lipinski definition) is 5. The molecule has 0 amide bonds. The Hall–Kier alpha value is -1.03. The highest BCUT2D eigenvalue weighted by Gasteiger charge is 2.27. The van der Waals surface area contributed by atoms with Gasteiger partial charge in [-0.05, 0) is 12.8 Å². The maximum atomic E-state index is 12.2. The number of carboxylic acid groups (broad SMARTS) is 1. The molecule has 1 aromatic rings. The molecule has 0 saturated heterocycles. The van der Waals surface area contributed by atoms with Crippen LogP contribution in [0.15, 0.2) is 5.38 Å². The van der Waals surface area contributed by atoms with Gasteiger partial charge in [-0.25, -0.2) is 9.78 Å². The molecule has 1 fully saturated rings. The van der Waals surface area contributed by atoms with Crippen molar-refractivity contribution < 1.29 is 18.3 Å². The second-order valence-electron chi connectivity index (χ2n) is 5.07. The molecule has 0 bridgehead atoms. The molecular weight excluding hydrogens is 314 g/mol. The standard InChI is InChI=1S/C12H19N3O4S2/c1-15(9-5-3-2-4-6-9)21(18,19)13-7-11-14-10(8-20-11)12(16)17/h8-9,13H,2-7H2,1H3,(H,16,17). The van der Waals surface area contributed by atoms with Crippen molar-refractivity contribution in [2.24, 2.45) is 0 Å². The fourth-order valence-electron chi connectivity index (χ4n) is 2.39. The van der Waals surface area contributed by atoms with Gasteiger partial charge in [0.25, 0.3) is 10.2 Å². The minimum absolute atomic E-state index is 0.0112. The van der Waals surface area contributed by atoms with Crippen LogP contribution in [-0.4, -0.2) is 41.9 Å².